The van der Waals surface area contributed by atoms with Crippen molar-refractivity contribution in [3.8, 4) is 0 Å². The summed E-state index contributed by atoms with van der Waals surface area (Å²) in [5.41, 5.74) is 6.75. The molecule has 1 aromatic carbocycles. The van der Waals surface area contributed by atoms with Gasteiger partial charge in [0.25, 0.3) is 0 Å². The first-order valence-electron chi connectivity index (χ1n) is 8.04. The number of hydrogen-bond donors (Lipinski definition) is 1. The summed E-state index contributed by atoms with van der Waals surface area (Å²) in [4.78, 5) is 4.57. The van der Waals surface area contributed by atoms with Gasteiger partial charge >= 0.3 is 0 Å². The molecule has 2 aromatic rings. The average molecular weight is 442 g/mol. The van der Waals surface area contributed by atoms with Gasteiger partial charge in [-0.1, -0.05) is 35.8 Å². The molecule has 0 aliphatic heterocycles. The molecule has 1 heterocycles. The van der Waals surface area contributed by atoms with Gasteiger partial charge in [0.15, 0.2) is 0 Å². The van der Waals surface area contributed by atoms with Crippen molar-refractivity contribution >= 4 is 31.9 Å². The molecular formula is C19H26Br2N2. The Kier molecular flexibility index (Phi) is 9.03. The van der Waals surface area contributed by atoms with E-state index in [1.165, 1.54) is 32.4 Å². The van der Waals surface area contributed by atoms with E-state index in [-0.39, 0.29) is 0 Å². The highest BCUT2D eigenvalue weighted by molar-refractivity contribution is 9.10. The van der Waals surface area contributed by atoms with Gasteiger partial charge in [0, 0.05) is 27.3 Å². The fourth-order valence-electron chi connectivity index (χ4n) is 2.59. The fraction of sp³-hybridized carbons (Fsp3) is 0.421. The van der Waals surface area contributed by atoms with Crippen molar-refractivity contribution < 1.29 is 0 Å². The molecule has 0 unspecified atom stereocenters. The molecule has 4 heteroatoms. The van der Waals surface area contributed by atoms with E-state index < -0.39 is 0 Å². The van der Waals surface area contributed by atoms with E-state index in [4.69, 9.17) is 0 Å². The van der Waals surface area contributed by atoms with Crippen LogP contribution in [0.3, 0.4) is 0 Å². The Bertz CT molecular complexity index is 640. The second-order valence-corrected chi connectivity index (χ2v) is 7.09. The van der Waals surface area contributed by atoms with Crippen molar-refractivity contribution in [2.75, 3.05) is 14.1 Å². The second kappa shape index (κ2) is 10.2. The molecule has 0 saturated carbocycles. The Balaban J connectivity index is 0.000000477. The molecule has 126 valence electrons. The van der Waals surface area contributed by atoms with Gasteiger partial charge in [-0.05, 0) is 84.2 Å². The maximum absolute atomic E-state index is 4.57. The van der Waals surface area contributed by atoms with Crippen molar-refractivity contribution in [3.63, 3.8) is 0 Å². The van der Waals surface area contributed by atoms with Gasteiger partial charge in [-0.25, -0.2) is 0 Å². The smallest absolute Gasteiger partial charge is 0.0480 e. The molecule has 1 N–H and O–H groups in total. The lowest BCUT2D eigenvalue weighted by Gasteiger charge is -2.09. The number of nitrogens with zero attached hydrogens (tertiary/aromatic N) is 1. The molecule has 0 radical (unpaired) electrons. The van der Waals surface area contributed by atoms with Gasteiger partial charge in [-0.2, -0.15) is 0 Å². The number of benzene rings is 1. The fourth-order valence-corrected chi connectivity index (χ4v) is 3.72. The van der Waals surface area contributed by atoms with Crippen LogP contribution in [0.2, 0.25) is 0 Å². The summed E-state index contributed by atoms with van der Waals surface area (Å²) >= 11 is 7.20. The molecule has 1 aromatic heterocycles. The maximum Gasteiger partial charge on any atom is 0.0480 e. The van der Waals surface area contributed by atoms with E-state index in [1.54, 1.807) is 0 Å². The minimum Gasteiger partial charge on any atom is -0.323 e. The number of rotatable bonds is 0. The van der Waals surface area contributed by atoms with Crippen LogP contribution in [0.1, 0.15) is 41.8 Å². The van der Waals surface area contributed by atoms with E-state index in [0.717, 1.165) is 23.7 Å². The van der Waals surface area contributed by atoms with Gasteiger partial charge in [-0.3, -0.25) is 4.98 Å². The Labute approximate surface area is 157 Å². The predicted molar refractivity (Wildman–Crippen MR) is 107 cm³/mol. The van der Waals surface area contributed by atoms with Crippen LogP contribution in [0, 0.1) is 6.92 Å². The molecular weight excluding hydrogens is 416 g/mol. The van der Waals surface area contributed by atoms with E-state index in [0.29, 0.717) is 0 Å². The van der Waals surface area contributed by atoms with Gasteiger partial charge in [-0.15, -0.1) is 0 Å². The predicted octanol–water partition coefficient (Wildman–Crippen LogP) is 5.47. The van der Waals surface area contributed by atoms with Crippen molar-refractivity contribution in [1.82, 2.24) is 10.3 Å². The third-order valence-electron chi connectivity index (χ3n) is 3.47. The number of halogens is 2. The molecule has 0 fully saturated rings. The largest absolute Gasteiger partial charge is 0.323 e. The standard InChI is InChI=1S/C15H13Br2N.C2H7N.C2H6/c1-9-4-10-2-3-11-6-12(16)8-18-15(11)7-13(10)14(17)5-9;1-3-2;1-2/h4-6,8H,2-3,7H2,1H3;3H,1-2H3;1-2H3. The first-order chi connectivity index (χ1) is 11.0. The average Bonchev–Trinajstić information content (AvgIpc) is 2.70. The van der Waals surface area contributed by atoms with Crippen molar-refractivity contribution in [2.24, 2.45) is 0 Å². The second-order valence-electron chi connectivity index (χ2n) is 5.32. The molecule has 1 aliphatic rings. The summed E-state index contributed by atoms with van der Waals surface area (Å²) in [6.45, 7) is 6.15. The summed E-state index contributed by atoms with van der Waals surface area (Å²) in [6, 6.07) is 6.71. The molecule has 23 heavy (non-hydrogen) atoms. The van der Waals surface area contributed by atoms with Crippen LogP contribution in [-0.2, 0) is 19.3 Å². The Morgan fingerprint density at radius 2 is 1.61 bits per heavy atom. The minimum absolute atomic E-state index is 0.929. The summed E-state index contributed by atoms with van der Waals surface area (Å²) in [5, 5.41) is 2.75. The Morgan fingerprint density at radius 1 is 1.00 bits per heavy atom. The van der Waals surface area contributed by atoms with Crippen molar-refractivity contribution in [1.29, 1.82) is 0 Å². The quantitative estimate of drug-likeness (QED) is 0.586. The molecule has 0 spiro atoms. The topological polar surface area (TPSA) is 24.9 Å². The summed E-state index contributed by atoms with van der Waals surface area (Å²) in [6.07, 6.45) is 5.00. The Morgan fingerprint density at radius 3 is 2.26 bits per heavy atom. The van der Waals surface area contributed by atoms with Crippen LogP contribution in [0.25, 0.3) is 0 Å². The molecule has 0 bridgehead atoms. The first kappa shape index (κ1) is 20.3. The zero-order chi connectivity index (χ0) is 17.4. The van der Waals surface area contributed by atoms with E-state index in [9.17, 15) is 0 Å². The van der Waals surface area contributed by atoms with Gasteiger partial charge in [0.1, 0.15) is 0 Å². The third kappa shape index (κ3) is 5.70. The van der Waals surface area contributed by atoms with Crippen LogP contribution in [0.4, 0.5) is 0 Å². The molecule has 0 atom stereocenters. The normalized spacial score (nSPS) is 11.8. The van der Waals surface area contributed by atoms with E-state index >= 15 is 0 Å². The zero-order valence-electron chi connectivity index (χ0n) is 14.6. The van der Waals surface area contributed by atoms with Crippen LogP contribution in [-0.4, -0.2) is 19.1 Å². The number of hydrogen-bond acceptors (Lipinski definition) is 2. The molecule has 2 nitrogen and oxygen atoms in total. The lowest BCUT2D eigenvalue weighted by atomic mass is 10.0. The lowest BCUT2D eigenvalue weighted by molar-refractivity contribution is 0.948. The molecule has 0 saturated heterocycles. The van der Waals surface area contributed by atoms with Crippen molar-refractivity contribution in [3.05, 3.63) is 61.3 Å². The van der Waals surface area contributed by atoms with Gasteiger partial charge < -0.3 is 5.32 Å². The van der Waals surface area contributed by atoms with Gasteiger partial charge in [0.05, 0.1) is 0 Å². The number of pyridine rings is 1. The van der Waals surface area contributed by atoms with Crippen LogP contribution in [0.5, 0.6) is 0 Å². The SMILES string of the molecule is CC.CNC.Cc1cc(Br)c2c(c1)CCc1cc(Br)cnc1C2. The number of fused-ring (bicyclic) bond motifs is 2. The zero-order valence-corrected chi connectivity index (χ0v) is 17.8. The van der Waals surface area contributed by atoms with E-state index in [1.807, 2.05) is 34.1 Å². The highest BCUT2D eigenvalue weighted by Crippen LogP contribution is 2.30. The Hall–Kier alpha value is -0.710. The summed E-state index contributed by atoms with van der Waals surface area (Å²) in [5.74, 6) is 0. The number of nitrogens with one attached hydrogen (secondary N) is 1. The monoisotopic (exact) mass is 440 g/mol. The molecule has 3 rings (SSSR count). The first-order valence-corrected chi connectivity index (χ1v) is 9.63. The third-order valence-corrected chi connectivity index (χ3v) is 4.61. The van der Waals surface area contributed by atoms with Crippen LogP contribution < -0.4 is 5.32 Å². The minimum atomic E-state index is 0.929. The maximum atomic E-state index is 4.57. The highest BCUT2D eigenvalue weighted by atomic mass is 79.9. The lowest BCUT2D eigenvalue weighted by Crippen LogP contribution is -1.97. The van der Waals surface area contributed by atoms with E-state index in [2.05, 4.69) is 67.3 Å². The summed E-state index contributed by atoms with van der Waals surface area (Å²) < 4.78 is 2.29. The highest BCUT2D eigenvalue weighted by Gasteiger charge is 2.17. The molecule has 0 amide bonds. The number of aryl methyl sites for hydroxylation is 3. The summed E-state index contributed by atoms with van der Waals surface area (Å²) in [7, 11) is 3.75. The van der Waals surface area contributed by atoms with Crippen molar-refractivity contribution in [2.45, 2.75) is 40.0 Å². The van der Waals surface area contributed by atoms with Gasteiger partial charge in [0.2, 0.25) is 0 Å². The van der Waals surface area contributed by atoms with Crippen LogP contribution >= 0.6 is 31.9 Å². The molecule has 1 aliphatic carbocycles. The van der Waals surface area contributed by atoms with Crippen LogP contribution in [0.15, 0.2) is 33.3 Å². The number of aromatic nitrogens is 1.